The number of primary amides is 1. The molecule has 14 rings (SSSR count). The van der Waals surface area contributed by atoms with Crippen LogP contribution in [0, 0.1) is 5.92 Å². The molecule has 7 aliphatic rings. The zero-order valence-corrected chi connectivity index (χ0v) is 68.6. The number of hydrogen-bond donors (Lipinski definition) is 20. The highest BCUT2D eigenvalue weighted by molar-refractivity contribution is 6.42. The first-order chi connectivity index (χ1) is 57.5. The van der Waals surface area contributed by atoms with Crippen molar-refractivity contribution in [3.05, 3.63) is 180 Å². The number of hydrogen-bond acceptors (Lipinski definition) is 27. The Balaban J connectivity index is 1.02. The Kier molecular flexibility index (Phi) is 28.5. The first-order valence-electron chi connectivity index (χ1n) is 38.5. The third-order valence-corrected chi connectivity index (χ3v) is 22.6. The molecule has 2 fully saturated rings. The van der Waals surface area contributed by atoms with Crippen LogP contribution in [0.2, 0.25) is 20.1 Å². The van der Waals surface area contributed by atoms with Gasteiger partial charge in [0.1, 0.15) is 108 Å². The number of nitrogens with two attached hydrogens (primary N) is 3. The number of fused-ring (bicyclic) bond motifs is 15. The number of nitrogens with one attached hydrogen (secondary N) is 9. The monoisotopic (exact) mass is 1750 g/mol. The number of halogens is 4. The van der Waals surface area contributed by atoms with E-state index in [1.807, 2.05) is 26.0 Å². The van der Waals surface area contributed by atoms with E-state index in [0.717, 1.165) is 65.7 Å². The Morgan fingerprint density at radius 3 is 1.92 bits per heavy atom. The van der Waals surface area contributed by atoms with E-state index in [1.165, 1.54) is 31.3 Å². The fraction of sp³-hybridized carbons (Fsp3) is 0.390. The molecule has 121 heavy (non-hydrogen) atoms. The first kappa shape index (κ1) is 89.8. The SMILES string of the molecule is CN[C@H](CC(C)C)C(=O)N[C@H]1C(=O)N[C@@H](CC(N)=O)C(=O)N[C@H]2C(=O)NC3C(=O)N[C@H](C(=O)N[C@@H](C(=O)NCCN)c4cc(O)cc(O)c4-c4cc3ccc4O)[C@H](O)c3ccc(c(Cl)c3)Oc3cc2cc(c3OC2OC(CN)C(O)C(O)C2OC2CC(C)(NCc3ccc(OCc4ccc(Cl)c(Cl)c4)cc3)C(O)C(C)O2)Oc2ccc(cc2Cl)[C@H]1O. The zero-order chi connectivity index (χ0) is 87.3. The number of phenolic OH excluding ortho intramolecular Hbond substituents is 3. The van der Waals surface area contributed by atoms with E-state index in [1.54, 1.807) is 44.2 Å². The van der Waals surface area contributed by atoms with Crippen LogP contribution < -0.4 is 84.0 Å². The van der Waals surface area contributed by atoms with E-state index in [9.17, 15) is 55.2 Å². The molecule has 18 atom stereocenters. The van der Waals surface area contributed by atoms with Crippen LogP contribution >= 0.6 is 46.4 Å². The van der Waals surface area contributed by atoms with Gasteiger partial charge in [-0.3, -0.25) is 38.4 Å². The molecule has 7 heterocycles. The van der Waals surface area contributed by atoms with Crippen molar-refractivity contribution >= 4 is 93.7 Å². The number of benzene rings is 7. The summed E-state index contributed by atoms with van der Waals surface area (Å²) in [5.41, 5.74) is 15.8. The van der Waals surface area contributed by atoms with Crippen LogP contribution in [-0.4, -0.2) is 194 Å². The summed E-state index contributed by atoms with van der Waals surface area (Å²) in [6, 6.07) is 12.7. The highest BCUT2D eigenvalue weighted by atomic mass is 35.5. The van der Waals surface area contributed by atoms with Crippen molar-refractivity contribution in [3.63, 3.8) is 0 Å². The summed E-state index contributed by atoms with van der Waals surface area (Å²) in [5.74, 6) is -14.1. The fourth-order valence-electron chi connectivity index (χ4n) is 14.8. The smallest absolute Gasteiger partial charge is 0.248 e. The largest absolute Gasteiger partial charge is 0.508 e. The average Bonchev–Trinajstić information content (AvgIpc) is 0.746. The quantitative estimate of drug-likeness (QED) is 0.0487. The van der Waals surface area contributed by atoms with Crippen LogP contribution in [0.4, 0.5) is 0 Å². The van der Waals surface area contributed by atoms with Gasteiger partial charge in [-0.05, 0) is 151 Å². The van der Waals surface area contributed by atoms with Crippen LogP contribution in [0.1, 0.15) is 116 Å². The highest BCUT2D eigenvalue weighted by Gasteiger charge is 2.52. The maximum absolute atomic E-state index is 16.3. The maximum Gasteiger partial charge on any atom is 0.248 e. The summed E-state index contributed by atoms with van der Waals surface area (Å²) in [6.07, 6.45) is -18.1. The van der Waals surface area contributed by atoms with Gasteiger partial charge < -0.3 is 139 Å². The maximum atomic E-state index is 16.3. The number of amides is 8. The third-order valence-electron chi connectivity index (χ3n) is 21.3. The van der Waals surface area contributed by atoms with Gasteiger partial charge in [0.2, 0.25) is 59.3 Å². The van der Waals surface area contributed by atoms with Crippen LogP contribution in [0.5, 0.6) is 51.7 Å². The first-order valence-corrected chi connectivity index (χ1v) is 40.0. The van der Waals surface area contributed by atoms with Gasteiger partial charge in [-0.25, -0.2) is 0 Å². The molecule has 0 spiro atoms. The minimum Gasteiger partial charge on any atom is -0.508 e. The molecule has 23 N–H and O–H groups in total. The molecular weight excluding hydrogens is 1660 g/mol. The lowest BCUT2D eigenvalue weighted by molar-refractivity contribution is -0.331. The predicted molar refractivity (Wildman–Crippen MR) is 436 cm³/mol. The highest BCUT2D eigenvalue weighted by Crippen LogP contribution is 2.50. The minimum absolute atomic E-state index is 0.104. The van der Waals surface area contributed by atoms with Gasteiger partial charge in [0, 0.05) is 55.3 Å². The molecule has 2 saturated heterocycles. The molecule has 11 bridgehead atoms. The molecule has 0 saturated carbocycles. The molecule has 7 aromatic rings. The van der Waals surface area contributed by atoms with E-state index in [0.29, 0.717) is 15.8 Å². The summed E-state index contributed by atoms with van der Waals surface area (Å²) >= 11 is 26.8. The standard InChI is InChI=1S/C82H92Cl4N12O23/c1-34(2)20-50(90-5)74(108)97-65-67(103)39-10-16-54(48(85)23-39)117-56-25-41-26-57(71(56)121-81-72(70(106)69(105)58(31-88)119-81)120-60-30-82(4,73(107)35(3)116-60)92-32-36-6-12-43(13-7-36)115-33-37-8-14-46(83)47(84)21-37)118-55-17-11-40(24-49(55)86)68(104)66-80(114)96-64(76(110)91-19-18-87)45-27-42(99)28-53(101)61(45)44-22-38(9-15-52(44)100)62(77(111)98-66)95-78(112)63(41)94-75(109)51(29-59(89)102)93-79(65)113/h6-17,21-28,34-35,50-51,58,60,62-70,72-73,81,90,92,99-101,103-107H,18-20,29-33,87-88H2,1-5H3,(H2,89,102)(H,91,110)(H,93,113)(H,94,109)(H,95,112)(H,96,114)(H,97,108)(H,98,111)/t35?,50-,51+,58?,60?,62?,63-,64-,65-,66+,67-,68-,69?,70?,72?,73?,81?,82?/m1/s1. The Bertz CT molecular complexity index is 5080. The van der Waals surface area contributed by atoms with Crippen molar-refractivity contribution < 1.29 is 112 Å². The molecule has 7 aromatic carbocycles. The molecule has 35 nitrogen and oxygen atoms in total. The summed E-state index contributed by atoms with van der Waals surface area (Å²) in [4.78, 5) is 120. The van der Waals surface area contributed by atoms with Crippen molar-refractivity contribution in [2.24, 2.45) is 23.1 Å². The summed E-state index contributed by atoms with van der Waals surface area (Å²) < 4.78 is 45.9. The molecule has 0 aliphatic carbocycles. The van der Waals surface area contributed by atoms with Crippen molar-refractivity contribution in [2.75, 3.05) is 26.7 Å². The number of carbonyl (C=O) groups is 8. The van der Waals surface area contributed by atoms with Crippen molar-refractivity contribution in [2.45, 2.75) is 169 Å². The topological polar surface area (TPSA) is 549 Å². The molecule has 0 radical (unpaired) electrons. The minimum atomic E-state index is -2.34. The molecule has 7 aliphatic heterocycles. The van der Waals surface area contributed by atoms with E-state index in [4.69, 9.17) is 96.8 Å². The van der Waals surface area contributed by atoms with Crippen molar-refractivity contribution in [1.82, 2.24) is 47.9 Å². The second-order valence-corrected chi connectivity index (χ2v) is 32.1. The number of rotatable bonds is 21. The van der Waals surface area contributed by atoms with E-state index < -0.39 is 226 Å². The second-order valence-electron chi connectivity index (χ2n) is 30.5. The van der Waals surface area contributed by atoms with Crippen molar-refractivity contribution in [3.8, 4) is 62.9 Å². The van der Waals surface area contributed by atoms with Gasteiger partial charge in [0.15, 0.2) is 23.9 Å². The van der Waals surface area contributed by atoms with Gasteiger partial charge in [-0.2, -0.15) is 0 Å². The number of aliphatic hydroxyl groups is 5. The lowest BCUT2D eigenvalue weighted by atomic mass is 9.84. The number of ether oxygens (including phenoxy) is 7. The van der Waals surface area contributed by atoms with Crippen LogP contribution in [0.25, 0.3) is 11.1 Å². The van der Waals surface area contributed by atoms with Crippen LogP contribution in [-0.2, 0) is 65.7 Å². The number of carbonyl (C=O) groups excluding carboxylic acids is 8. The Hall–Kier alpha value is -10.4. The summed E-state index contributed by atoms with van der Waals surface area (Å²) in [5, 5.41) is 120. The molecular formula is C82H92Cl4N12O23. The molecule has 8 amide bonds. The Morgan fingerprint density at radius 2 is 1.29 bits per heavy atom. The van der Waals surface area contributed by atoms with Gasteiger partial charge >= 0.3 is 0 Å². The van der Waals surface area contributed by atoms with Crippen molar-refractivity contribution in [1.29, 1.82) is 0 Å². The third kappa shape index (κ3) is 20.4. The lowest BCUT2D eigenvalue weighted by Crippen LogP contribution is -2.65. The molecule has 0 aromatic heterocycles. The summed E-state index contributed by atoms with van der Waals surface area (Å²) in [6.45, 7) is 6.49. The van der Waals surface area contributed by atoms with Crippen LogP contribution in [0.3, 0.4) is 0 Å². The normalized spacial score (nSPS) is 26.4. The Morgan fingerprint density at radius 1 is 0.653 bits per heavy atom. The van der Waals surface area contributed by atoms with E-state index >= 15 is 24.0 Å². The summed E-state index contributed by atoms with van der Waals surface area (Å²) in [7, 11) is 1.48. The number of aromatic hydroxyl groups is 3. The molecule has 10 unspecified atom stereocenters. The average molecular weight is 1760 g/mol. The number of aliphatic hydroxyl groups excluding tert-OH is 5. The number of likely N-dealkylation sites (N-methyl/N-ethyl adjacent to an activating group) is 1. The van der Waals surface area contributed by atoms with Gasteiger partial charge in [-0.15, -0.1) is 0 Å². The molecule has 39 heteroatoms. The number of phenols is 3. The van der Waals surface area contributed by atoms with Gasteiger partial charge in [-0.1, -0.05) is 96.6 Å². The fourth-order valence-corrected chi connectivity index (χ4v) is 15.6. The van der Waals surface area contributed by atoms with Crippen LogP contribution in [0.15, 0.2) is 121 Å². The molecule has 646 valence electrons. The van der Waals surface area contributed by atoms with E-state index in [-0.39, 0.29) is 83.8 Å². The Labute approximate surface area is 712 Å². The lowest BCUT2D eigenvalue weighted by Gasteiger charge is -2.48. The van der Waals surface area contributed by atoms with E-state index in [2.05, 4.69) is 47.9 Å². The van der Waals surface area contributed by atoms with Gasteiger partial charge in [0.05, 0.1) is 44.8 Å². The van der Waals surface area contributed by atoms with Gasteiger partial charge in [0.25, 0.3) is 0 Å². The zero-order valence-electron chi connectivity index (χ0n) is 65.5. The predicted octanol–water partition coefficient (Wildman–Crippen LogP) is 3.78. The second kappa shape index (κ2) is 38.3.